The van der Waals surface area contributed by atoms with Gasteiger partial charge in [0.15, 0.2) is 0 Å². The third kappa shape index (κ3) is 3.04. The minimum atomic E-state index is 0.782. The van der Waals surface area contributed by atoms with E-state index < -0.39 is 0 Å². The molecule has 0 aliphatic rings. The zero-order chi connectivity index (χ0) is 11.4. The van der Waals surface area contributed by atoms with Crippen LogP contribution in [0.3, 0.4) is 0 Å². The molecule has 84 valence electrons. The molecule has 16 heavy (non-hydrogen) atoms. The van der Waals surface area contributed by atoms with Crippen molar-refractivity contribution in [2.45, 2.75) is 13.0 Å². The lowest BCUT2D eigenvalue weighted by atomic mass is 10.2. The summed E-state index contributed by atoms with van der Waals surface area (Å²) in [5.74, 6) is 0. The van der Waals surface area contributed by atoms with Crippen molar-refractivity contribution in [1.29, 1.82) is 0 Å². The summed E-state index contributed by atoms with van der Waals surface area (Å²) in [7, 11) is 1.93. The summed E-state index contributed by atoms with van der Waals surface area (Å²) in [6, 6.07) is 7.92. The molecule has 0 radical (unpaired) electrons. The molecule has 0 saturated heterocycles. The summed E-state index contributed by atoms with van der Waals surface area (Å²) in [6.45, 7) is 0.825. The number of aromatic nitrogens is 1. The van der Waals surface area contributed by atoms with E-state index in [1.165, 1.54) is 5.56 Å². The van der Waals surface area contributed by atoms with Gasteiger partial charge in [-0.3, -0.25) is 0 Å². The van der Waals surface area contributed by atoms with Crippen molar-refractivity contribution in [3.63, 3.8) is 0 Å². The average Bonchev–Trinajstić information content (AvgIpc) is 2.66. The molecule has 1 N–H and O–H groups in total. The Kier molecular flexibility index (Phi) is 3.93. The van der Waals surface area contributed by atoms with E-state index in [4.69, 9.17) is 11.6 Å². The standard InChI is InChI=1S/C12H13ClN2S/c1-14-7-11-8-16-12(15-11)6-9-3-2-4-10(13)5-9/h2-5,8,14H,6-7H2,1H3. The van der Waals surface area contributed by atoms with Gasteiger partial charge < -0.3 is 5.32 Å². The van der Waals surface area contributed by atoms with Crippen LogP contribution in [0.1, 0.15) is 16.3 Å². The second kappa shape index (κ2) is 5.43. The van der Waals surface area contributed by atoms with E-state index in [1.807, 2.05) is 25.2 Å². The molecular formula is C12H13ClN2S. The monoisotopic (exact) mass is 252 g/mol. The highest BCUT2D eigenvalue weighted by Crippen LogP contribution is 2.17. The predicted octanol–water partition coefficient (Wildman–Crippen LogP) is 3.11. The molecule has 1 aromatic carbocycles. The number of hydrogen-bond acceptors (Lipinski definition) is 3. The van der Waals surface area contributed by atoms with E-state index in [0.717, 1.165) is 28.7 Å². The first-order chi connectivity index (χ1) is 7.78. The van der Waals surface area contributed by atoms with Gasteiger partial charge in [0, 0.05) is 23.4 Å². The van der Waals surface area contributed by atoms with Crippen molar-refractivity contribution in [2.24, 2.45) is 0 Å². The Morgan fingerprint density at radius 2 is 2.31 bits per heavy atom. The fraction of sp³-hybridized carbons (Fsp3) is 0.250. The van der Waals surface area contributed by atoms with Crippen LogP contribution in [0.15, 0.2) is 29.6 Å². The maximum Gasteiger partial charge on any atom is 0.0972 e. The molecule has 2 nitrogen and oxygen atoms in total. The number of nitrogens with zero attached hydrogens (tertiary/aromatic N) is 1. The summed E-state index contributed by atoms with van der Waals surface area (Å²) >= 11 is 7.63. The number of benzene rings is 1. The first-order valence-electron chi connectivity index (χ1n) is 5.10. The predicted molar refractivity (Wildman–Crippen MR) is 69.1 cm³/mol. The molecule has 0 aliphatic heterocycles. The van der Waals surface area contributed by atoms with Gasteiger partial charge in [-0.1, -0.05) is 23.7 Å². The molecular weight excluding hydrogens is 240 g/mol. The van der Waals surface area contributed by atoms with E-state index in [9.17, 15) is 0 Å². The second-order valence-electron chi connectivity index (χ2n) is 3.57. The topological polar surface area (TPSA) is 24.9 Å². The van der Waals surface area contributed by atoms with Gasteiger partial charge in [-0.2, -0.15) is 0 Å². The number of rotatable bonds is 4. The zero-order valence-electron chi connectivity index (χ0n) is 9.03. The maximum absolute atomic E-state index is 5.94. The lowest BCUT2D eigenvalue weighted by molar-refractivity contribution is 0.793. The Hall–Kier alpha value is -0.900. The van der Waals surface area contributed by atoms with Crippen LogP contribution in [-0.2, 0) is 13.0 Å². The largest absolute Gasteiger partial charge is 0.314 e. The normalized spacial score (nSPS) is 10.6. The van der Waals surface area contributed by atoms with Gasteiger partial charge in [0.1, 0.15) is 0 Å². The molecule has 0 spiro atoms. The third-order valence-electron chi connectivity index (χ3n) is 2.20. The number of thiazole rings is 1. The van der Waals surface area contributed by atoms with Crippen LogP contribution in [0.5, 0.6) is 0 Å². The van der Waals surface area contributed by atoms with Crippen molar-refractivity contribution in [3.05, 3.63) is 50.9 Å². The summed E-state index contributed by atoms with van der Waals surface area (Å²) < 4.78 is 0. The number of nitrogens with one attached hydrogen (secondary N) is 1. The van der Waals surface area contributed by atoms with Crippen LogP contribution in [0.2, 0.25) is 5.02 Å². The minimum Gasteiger partial charge on any atom is -0.314 e. The first-order valence-corrected chi connectivity index (χ1v) is 6.36. The molecule has 0 saturated carbocycles. The molecule has 2 rings (SSSR count). The first kappa shape index (κ1) is 11.6. The van der Waals surface area contributed by atoms with Crippen LogP contribution in [-0.4, -0.2) is 12.0 Å². The fourth-order valence-electron chi connectivity index (χ4n) is 1.51. The Bertz CT molecular complexity index is 468. The van der Waals surface area contributed by atoms with Crippen molar-refractivity contribution in [1.82, 2.24) is 10.3 Å². The maximum atomic E-state index is 5.94. The van der Waals surface area contributed by atoms with Crippen molar-refractivity contribution >= 4 is 22.9 Å². The van der Waals surface area contributed by atoms with Gasteiger partial charge in [0.05, 0.1) is 10.7 Å². The second-order valence-corrected chi connectivity index (χ2v) is 4.95. The van der Waals surface area contributed by atoms with Crippen molar-refractivity contribution in [3.8, 4) is 0 Å². The van der Waals surface area contributed by atoms with E-state index in [0.29, 0.717) is 0 Å². The third-order valence-corrected chi connectivity index (χ3v) is 3.33. The van der Waals surface area contributed by atoms with Crippen molar-refractivity contribution < 1.29 is 0 Å². The van der Waals surface area contributed by atoms with Gasteiger partial charge in [-0.15, -0.1) is 11.3 Å². The molecule has 0 aliphatic carbocycles. The van der Waals surface area contributed by atoms with Crippen molar-refractivity contribution in [2.75, 3.05) is 7.05 Å². The van der Waals surface area contributed by atoms with Gasteiger partial charge in [-0.05, 0) is 24.7 Å². The van der Waals surface area contributed by atoms with Gasteiger partial charge in [0.25, 0.3) is 0 Å². The van der Waals surface area contributed by atoms with Crippen LogP contribution in [0.25, 0.3) is 0 Å². The molecule has 1 heterocycles. The summed E-state index contributed by atoms with van der Waals surface area (Å²) in [4.78, 5) is 4.54. The lowest BCUT2D eigenvalue weighted by Crippen LogP contribution is -2.05. The van der Waals surface area contributed by atoms with E-state index in [-0.39, 0.29) is 0 Å². The molecule has 1 aromatic heterocycles. The Balaban J connectivity index is 2.08. The average molecular weight is 253 g/mol. The van der Waals surface area contributed by atoms with Crippen LogP contribution < -0.4 is 5.32 Å². The Labute approximate surface area is 104 Å². The summed E-state index contributed by atoms with van der Waals surface area (Å²) in [6.07, 6.45) is 0.856. The number of hydrogen-bond donors (Lipinski definition) is 1. The van der Waals surface area contributed by atoms with E-state index >= 15 is 0 Å². The van der Waals surface area contributed by atoms with Crippen LogP contribution in [0.4, 0.5) is 0 Å². The minimum absolute atomic E-state index is 0.782. The fourth-order valence-corrected chi connectivity index (χ4v) is 2.55. The molecule has 0 unspecified atom stereocenters. The highest BCUT2D eigenvalue weighted by atomic mass is 35.5. The smallest absolute Gasteiger partial charge is 0.0972 e. The molecule has 0 bridgehead atoms. The van der Waals surface area contributed by atoms with Crippen LogP contribution in [0, 0.1) is 0 Å². The van der Waals surface area contributed by atoms with E-state index in [1.54, 1.807) is 11.3 Å². The molecule has 0 amide bonds. The Morgan fingerprint density at radius 1 is 1.44 bits per heavy atom. The summed E-state index contributed by atoms with van der Waals surface area (Å²) in [5, 5.41) is 7.10. The van der Waals surface area contributed by atoms with Gasteiger partial charge >= 0.3 is 0 Å². The van der Waals surface area contributed by atoms with Gasteiger partial charge in [0.2, 0.25) is 0 Å². The quantitative estimate of drug-likeness (QED) is 0.905. The van der Waals surface area contributed by atoms with Crippen LogP contribution >= 0.6 is 22.9 Å². The Morgan fingerprint density at radius 3 is 3.06 bits per heavy atom. The van der Waals surface area contributed by atoms with Gasteiger partial charge in [-0.25, -0.2) is 4.98 Å². The highest BCUT2D eigenvalue weighted by Gasteiger charge is 2.03. The highest BCUT2D eigenvalue weighted by molar-refractivity contribution is 7.09. The molecule has 0 fully saturated rings. The summed E-state index contributed by atoms with van der Waals surface area (Å²) in [5.41, 5.74) is 2.31. The molecule has 4 heteroatoms. The lowest BCUT2D eigenvalue weighted by Gasteiger charge is -1.98. The van der Waals surface area contributed by atoms with E-state index in [2.05, 4.69) is 21.7 Å². The molecule has 2 aromatic rings. The number of halogens is 1. The molecule has 0 atom stereocenters. The SMILES string of the molecule is CNCc1csc(Cc2cccc(Cl)c2)n1. The zero-order valence-corrected chi connectivity index (χ0v) is 10.6.